The summed E-state index contributed by atoms with van der Waals surface area (Å²) in [6.07, 6.45) is 5.41. The molecule has 0 saturated heterocycles. The van der Waals surface area contributed by atoms with Crippen LogP contribution >= 0.6 is 23.2 Å². The van der Waals surface area contributed by atoms with Gasteiger partial charge in [0.1, 0.15) is 0 Å². The van der Waals surface area contributed by atoms with Gasteiger partial charge >= 0.3 is 0 Å². The van der Waals surface area contributed by atoms with Gasteiger partial charge in [-0.15, -0.1) is 0 Å². The first kappa shape index (κ1) is 13.2. The van der Waals surface area contributed by atoms with Gasteiger partial charge in [0.2, 0.25) is 0 Å². The predicted octanol–water partition coefficient (Wildman–Crippen LogP) is 4.44. The first-order valence-corrected chi connectivity index (χ1v) is 7.01. The van der Waals surface area contributed by atoms with E-state index in [1.165, 1.54) is 12.8 Å². The van der Waals surface area contributed by atoms with Gasteiger partial charge in [-0.1, -0.05) is 42.6 Å². The van der Waals surface area contributed by atoms with Crippen molar-refractivity contribution in [3.63, 3.8) is 0 Å². The molecule has 0 heterocycles. The van der Waals surface area contributed by atoms with Crippen molar-refractivity contribution < 1.29 is 0 Å². The molecule has 0 amide bonds. The number of hydrogen-bond acceptors (Lipinski definition) is 1. The minimum Gasteiger partial charge on any atom is -0.325 e. The molecule has 94 valence electrons. The summed E-state index contributed by atoms with van der Waals surface area (Å²) < 4.78 is 0. The third kappa shape index (κ3) is 2.96. The fourth-order valence-corrected chi connectivity index (χ4v) is 3.36. The lowest BCUT2D eigenvalue weighted by Crippen LogP contribution is -2.39. The van der Waals surface area contributed by atoms with E-state index in [-0.39, 0.29) is 5.54 Å². The fourth-order valence-electron chi connectivity index (χ4n) is 2.83. The molecule has 2 atom stereocenters. The van der Waals surface area contributed by atoms with Crippen molar-refractivity contribution in [2.24, 2.45) is 11.7 Å². The molecule has 1 aliphatic rings. The Bertz CT molecular complexity index is 385. The van der Waals surface area contributed by atoms with E-state index in [1.54, 1.807) is 0 Å². The van der Waals surface area contributed by atoms with Crippen molar-refractivity contribution in [2.75, 3.05) is 0 Å². The Hall–Kier alpha value is -0.240. The van der Waals surface area contributed by atoms with Gasteiger partial charge in [-0.05, 0) is 49.3 Å². The second-order valence-electron chi connectivity index (χ2n) is 5.26. The van der Waals surface area contributed by atoms with E-state index in [1.807, 2.05) is 18.2 Å². The van der Waals surface area contributed by atoms with Gasteiger partial charge < -0.3 is 5.73 Å². The minimum absolute atomic E-state index is 0.116. The van der Waals surface area contributed by atoms with Crippen molar-refractivity contribution in [3.05, 3.63) is 33.8 Å². The van der Waals surface area contributed by atoms with E-state index in [0.29, 0.717) is 0 Å². The van der Waals surface area contributed by atoms with Crippen molar-refractivity contribution in [1.82, 2.24) is 0 Å². The predicted molar refractivity (Wildman–Crippen MR) is 74.7 cm³/mol. The molecule has 1 fully saturated rings. The van der Waals surface area contributed by atoms with Crippen molar-refractivity contribution in [2.45, 2.75) is 44.6 Å². The molecule has 1 nitrogen and oxygen atoms in total. The van der Waals surface area contributed by atoms with Crippen LogP contribution in [0.2, 0.25) is 10.0 Å². The number of benzene rings is 1. The van der Waals surface area contributed by atoms with Crippen molar-refractivity contribution in [3.8, 4) is 0 Å². The third-order valence-corrected chi connectivity index (χ3v) is 4.62. The van der Waals surface area contributed by atoms with Gasteiger partial charge in [-0.3, -0.25) is 0 Å². The molecule has 0 aromatic heterocycles. The van der Waals surface area contributed by atoms with Crippen LogP contribution in [0, 0.1) is 5.92 Å². The summed E-state index contributed by atoms with van der Waals surface area (Å²) in [6, 6.07) is 5.65. The zero-order valence-electron chi connectivity index (χ0n) is 10.2. The molecule has 0 aliphatic heterocycles. The number of rotatable bonds is 3. The molecule has 2 N–H and O–H groups in total. The summed E-state index contributed by atoms with van der Waals surface area (Å²) in [5.41, 5.74) is 7.37. The Morgan fingerprint density at radius 3 is 2.53 bits per heavy atom. The molecule has 3 heteroatoms. The van der Waals surface area contributed by atoms with Gasteiger partial charge in [0, 0.05) is 15.6 Å². The lowest BCUT2D eigenvalue weighted by molar-refractivity contribution is 0.407. The standard InChI is InChI=1S/C14H19Cl2N/c1-2-10-6-7-14(17,8-10)9-11-12(15)4-3-5-13(11)16/h3-5,10H,2,6-9,17H2,1H3. The van der Waals surface area contributed by atoms with E-state index in [0.717, 1.165) is 40.8 Å². The molecule has 0 radical (unpaired) electrons. The van der Waals surface area contributed by atoms with Crippen molar-refractivity contribution >= 4 is 23.2 Å². The Morgan fingerprint density at radius 1 is 1.35 bits per heavy atom. The highest BCUT2D eigenvalue weighted by Gasteiger charge is 2.35. The van der Waals surface area contributed by atoms with Gasteiger partial charge in [0.25, 0.3) is 0 Å². The molecule has 2 rings (SSSR count). The second kappa shape index (κ2) is 5.17. The summed E-state index contributed by atoms with van der Waals surface area (Å²) in [7, 11) is 0. The largest absolute Gasteiger partial charge is 0.325 e. The van der Waals surface area contributed by atoms with Crippen LogP contribution in [-0.2, 0) is 6.42 Å². The normalized spacial score (nSPS) is 28.6. The highest BCUT2D eigenvalue weighted by atomic mass is 35.5. The van der Waals surface area contributed by atoms with Gasteiger partial charge in [-0.25, -0.2) is 0 Å². The average molecular weight is 272 g/mol. The average Bonchev–Trinajstić information content (AvgIpc) is 2.66. The van der Waals surface area contributed by atoms with Gasteiger partial charge in [-0.2, -0.15) is 0 Å². The quantitative estimate of drug-likeness (QED) is 0.864. The molecule has 2 unspecified atom stereocenters. The molecule has 1 saturated carbocycles. The zero-order valence-corrected chi connectivity index (χ0v) is 11.7. The van der Waals surface area contributed by atoms with Crippen LogP contribution in [0.5, 0.6) is 0 Å². The SMILES string of the molecule is CCC1CCC(N)(Cc2c(Cl)cccc2Cl)C1. The maximum absolute atomic E-state index is 6.48. The van der Waals surface area contributed by atoms with Crippen LogP contribution in [0.4, 0.5) is 0 Å². The molecule has 1 aromatic carbocycles. The molecular formula is C14H19Cl2N. The first-order chi connectivity index (χ1) is 8.04. The molecular weight excluding hydrogens is 253 g/mol. The summed E-state index contributed by atoms with van der Waals surface area (Å²) in [6.45, 7) is 2.24. The van der Waals surface area contributed by atoms with E-state index < -0.39 is 0 Å². The van der Waals surface area contributed by atoms with Crippen molar-refractivity contribution in [1.29, 1.82) is 0 Å². The van der Waals surface area contributed by atoms with Crippen LogP contribution in [0.1, 0.15) is 38.2 Å². The van der Waals surface area contributed by atoms with Crippen LogP contribution < -0.4 is 5.73 Å². The summed E-state index contributed by atoms with van der Waals surface area (Å²) in [5, 5.41) is 1.48. The first-order valence-electron chi connectivity index (χ1n) is 6.26. The fraction of sp³-hybridized carbons (Fsp3) is 0.571. The topological polar surface area (TPSA) is 26.0 Å². The number of halogens is 2. The van der Waals surface area contributed by atoms with Gasteiger partial charge in [0.15, 0.2) is 0 Å². The Morgan fingerprint density at radius 2 is 2.00 bits per heavy atom. The summed E-state index contributed by atoms with van der Waals surface area (Å²) in [5.74, 6) is 0.765. The Labute approximate surface area is 113 Å². The second-order valence-corrected chi connectivity index (χ2v) is 6.07. The number of nitrogens with two attached hydrogens (primary N) is 1. The van der Waals surface area contributed by atoms with Crippen LogP contribution in [0.15, 0.2) is 18.2 Å². The van der Waals surface area contributed by atoms with E-state index in [4.69, 9.17) is 28.9 Å². The summed E-state index contributed by atoms with van der Waals surface area (Å²) >= 11 is 12.4. The monoisotopic (exact) mass is 271 g/mol. The zero-order chi connectivity index (χ0) is 12.5. The smallest absolute Gasteiger partial charge is 0.0453 e. The van der Waals surface area contributed by atoms with Crippen LogP contribution in [0.25, 0.3) is 0 Å². The third-order valence-electron chi connectivity index (χ3n) is 3.91. The lowest BCUT2D eigenvalue weighted by Gasteiger charge is -2.25. The Kier molecular flexibility index (Phi) is 4.02. The lowest BCUT2D eigenvalue weighted by atomic mass is 9.89. The highest BCUT2D eigenvalue weighted by Crippen LogP contribution is 2.39. The highest BCUT2D eigenvalue weighted by molar-refractivity contribution is 6.36. The van der Waals surface area contributed by atoms with E-state index >= 15 is 0 Å². The maximum atomic E-state index is 6.48. The maximum Gasteiger partial charge on any atom is 0.0453 e. The molecule has 1 aliphatic carbocycles. The van der Waals surface area contributed by atoms with Crippen LogP contribution in [-0.4, -0.2) is 5.54 Å². The van der Waals surface area contributed by atoms with Crippen LogP contribution in [0.3, 0.4) is 0 Å². The number of hydrogen-bond donors (Lipinski definition) is 1. The minimum atomic E-state index is -0.116. The molecule has 17 heavy (non-hydrogen) atoms. The molecule has 0 spiro atoms. The van der Waals surface area contributed by atoms with Gasteiger partial charge in [0.05, 0.1) is 0 Å². The molecule has 1 aromatic rings. The summed E-state index contributed by atoms with van der Waals surface area (Å²) in [4.78, 5) is 0. The van der Waals surface area contributed by atoms with E-state index in [2.05, 4.69) is 6.92 Å². The molecule has 0 bridgehead atoms. The Balaban J connectivity index is 2.16. The van der Waals surface area contributed by atoms with E-state index in [9.17, 15) is 0 Å².